The van der Waals surface area contributed by atoms with Crippen molar-refractivity contribution in [3.05, 3.63) is 12.5 Å². The van der Waals surface area contributed by atoms with E-state index in [1.807, 2.05) is 34.6 Å². The molecule has 0 N–H and O–H groups in total. The van der Waals surface area contributed by atoms with Crippen molar-refractivity contribution in [2.75, 3.05) is 6.54 Å². The first-order valence-electron chi connectivity index (χ1n) is 5.15. The minimum Gasteiger partial charge on any atom is -0.443 e. The molecule has 1 amide bonds. The van der Waals surface area contributed by atoms with E-state index in [2.05, 4.69) is 6.58 Å². The second-order valence-electron chi connectivity index (χ2n) is 4.96. The molecule has 0 bridgehead atoms. The largest absolute Gasteiger partial charge is 0.443 e. The Kier molecular flexibility index (Phi) is 6.14. The van der Waals surface area contributed by atoms with Gasteiger partial charge in [-0.05, 0) is 33.3 Å². The average Bonchev–Trinajstić information content (AvgIpc) is 2.09. The molecule has 0 heterocycles. The quantitative estimate of drug-likeness (QED) is 0.578. The van der Waals surface area contributed by atoms with Gasteiger partial charge in [0.1, 0.15) is 5.60 Å². The third kappa shape index (κ3) is 6.19. The van der Waals surface area contributed by atoms with Crippen molar-refractivity contribution in [2.45, 2.75) is 40.2 Å². The maximum absolute atomic E-state index is 11.9. The van der Waals surface area contributed by atoms with Crippen LogP contribution < -0.4 is 0 Å². The molecule has 0 aliphatic rings. The van der Waals surface area contributed by atoms with Gasteiger partial charge in [-0.1, -0.05) is 13.8 Å². The lowest BCUT2D eigenvalue weighted by atomic mass is 10.2. The van der Waals surface area contributed by atoms with Crippen molar-refractivity contribution in [3.8, 4) is 0 Å². The Bertz CT molecular complexity index is 258. The van der Waals surface area contributed by atoms with E-state index < -0.39 is 11.7 Å². The standard InChI is InChI=1S/C11H20INO3/c1-8(2)7-13(9(3)16-12)10(14)15-11(4,5)6/h8H,3,7H2,1-2,4-6H3. The number of nitrogens with zero attached hydrogens (tertiary/aromatic N) is 1. The minimum atomic E-state index is -0.516. The SMILES string of the molecule is C=C(OI)N(CC(C)C)C(=O)OC(C)(C)C. The Labute approximate surface area is 112 Å². The monoisotopic (exact) mass is 341 g/mol. The zero-order valence-corrected chi connectivity index (χ0v) is 12.7. The van der Waals surface area contributed by atoms with Gasteiger partial charge in [-0.15, -0.1) is 0 Å². The molecule has 0 saturated heterocycles. The Morgan fingerprint density at radius 1 is 1.44 bits per heavy atom. The van der Waals surface area contributed by atoms with Crippen LogP contribution in [0.5, 0.6) is 0 Å². The zero-order chi connectivity index (χ0) is 12.9. The van der Waals surface area contributed by atoms with Crippen LogP contribution in [-0.4, -0.2) is 23.1 Å². The Balaban J connectivity index is 4.63. The lowest BCUT2D eigenvalue weighted by Crippen LogP contribution is -2.38. The highest BCUT2D eigenvalue weighted by atomic mass is 127. The van der Waals surface area contributed by atoms with Gasteiger partial charge in [0.2, 0.25) is 5.88 Å². The van der Waals surface area contributed by atoms with Crippen molar-refractivity contribution in [1.29, 1.82) is 0 Å². The molecule has 5 heteroatoms. The predicted octanol–water partition coefficient (Wildman–Crippen LogP) is 3.72. The third-order valence-corrected chi connectivity index (χ3v) is 2.06. The molecule has 0 saturated carbocycles. The lowest BCUT2D eigenvalue weighted by molar-refractivity contribution is 0.0242. The van der Waals surface area contributed by atoms with Gasteiger partial charge in [-0.2, -0.15) is 0 Å². The Hall–Kier alpha value is -0.460. The highest BCUT2D eigenvalue weighted by Crippen LogP contribution is 2.16. The van der Waals surface area contributed by atoms with E-state index in [1.54, 1.807) is 23.0 Å². The number of halogens is 1. The molecule has 4 nitrogen and oxygen atoms in total. The smallest absolute Gasteiger partial charge is 0.417 e. The van der Waals surface area contributed by atoms with Gasteiger partial charge < -0.3 is 7.80 Å². The van der Waals surface area contributed by atoms with E-state index in [1.165, 1.54) is 4.90 Å². The molecule has 0 atom stereocenters. The molecule has 0 aliphatic heterocycles. The molecule has 0 spiro atoms. The third-order valence-electron chi connectivity index (χ3n) is 1.55. The fourth-order valence-corrected chi connectivity index (χ4v) is 1.24. The van der Waals surface area contributed by atoms with E-state index in [-0.39, 0.29) is 0 Å². The number of hydrogen-bond acceptors (Lipinski definition) is 3. The Morgan fingerprint density at radius 3 is 2.25 bits per heavy atom. The van der Waals surface area contributed by atoms with E-state index >= 15 is 0 Å². The molecular formula is C11H20INO3. The molecule has 0 radical (unpaired) electrons. The van der Waals surface area contributed by atoms with E-state index in [0.717, 1.165) is 0 Å². The summed E-state index contributed by atoms with van der Waals surface area (Å²) in [6.07, 6.45) is -0.428. The van der Waals surface area contributed by atoms with Crippen LogP contribution in [0.2, 0.25) is 0 Å². The summed E-state index contributed by atoms with van der Waals surface area (Å²) in [6.45, 7) is 13.7. The number of amides is 1. The first-order valence-corrected chi connectivity index (χ1v) is 6.03. The summed E-state index contributed by atoms with van der Waals surface area (Å²) >= 11 is 1.70. The van der Waals surface area contributed by atoms with E-state index in [9.17, 15) is 4.79 Å². The van der Waals surface area contributed by atoms with Crippen LogP contribution in [0.4, 0.5) is 4.79 Å². The fourth-order valence-electron chi connectivity index (χ4n) is 1.00. The molecule has 16 heavy (non-hydrogen) atoms. The normalized spacial score (nSPS) is 11.2. The van der Waals surface area contributed by atoms with Gasteiger partial charge in [0.25, 0.3) is 0 Å². The van der Waals surface area contributed by atoms with Gasteiger partial charge >= 0.3 is 6.09 Å². The number of hydrogen-bond donors (Lipinski definition) is 0. The van der Waals surface area contributed by atoms with E-state index in [0.29, 0.717) is 18.3 Å². The zero-order valence-electron chi connectivity index (χ0n) is 10.5. The van der Waals surface area contributed by atoms with Gasteiger partial charge in [-0.3, -0.25) is 0 Å². The minimum absolute atomic E-state index is 0.295. The summed E-state index contributed by atoms with van der Waals surface area (Å²) in [5.74, 6) is 0.611. The summed E-state index contributed by atoms with van der Waals surface area (Å²) < 4.78 is 10.2. The lowest BCUT2D eigenvalue weighted by Gasteiger charge is -2.28. The molecule has 0 aliphatic carbocycles. The van der Waals surface area contributed by atoms with Crippen molar-refractivity contribution in [2.24, 2.45) is 5.92 Å². The van der Waals surface area contributed by atoms with Gasteiger partial charge in [0, 0.05) is 6.54 Å². The molecule has 0 aromatic rings. The van der Waals surface area contributed by atoms with Crippen LogP contribution in [-0.2, 0) is 7.80 Å². The van der Waals surface area contributed by atoms with Crippen LogP contribution in [0.1, 0.15) is 34.6 Å². The topological polar surface area (TPSA) is 38.8 Å². The number of rotatable bonds is 4. The van der Waals surface area contributed by atoms with Gasteiger partial charge in [0.05, 0.1) is 0 Å². The predicted molar refractivity (Wildman–Crippen MR) is 72.0 cm³/mol. The maximum Gasteiger partial charge on any atom is 0.417 e. The summed E-state index contributed by atoms with van der Waals surface area (Å²) in [6, 6.07) is 0. The second kappa shape index (κ2) is 6.32. The Morgan fingerprint density at radius 2 is 1.94 bits per heavy atom. The number of carbonyl (C=O) groups excluding carboxylic acids is 1. The molecular weight excluding hydrogens is 321 g/mol. The second-order valence-corrected chi connectivity index (χ2v) is 5.40. The molecule has 0 unspecified atom stereocenters. The summed E-state index contributed by atoms with van der Waals surface area (Å²) in [7, 11) is 0. The number of carbonyl (C=O) groups is 1. The van der Waals surface area contributed by atoms with Crippen LogP contribution >= 0.6 is 23.0 Å². The molecule has 0 aromatic carbocycles. The fraction of sp³-hybridized carbons (Fsp3) is 0.727. The molecule has 94 valence electrons. The first kappa shape index (κ1) is 15.5. The van der Waals surface area contributed by atoms with Crippen molar-refractivity contribution in [3.63, 3.8) is 0 Å². The van der Waals surface area contributed by atoms with Crippen molar-refractivity contribution in [1.82, 2.24) is 4.90 Å². The van der Waals surface area contributed by atoms with Crippen molar-refractivity contribution < 1.29 is 12.6 Å². The van der Waals surface area contributed by atoms with Crippen LogP contribution in [0.15, 0.2) is 12.5 Å². The molecule has 0 fully saturated rings. The number of ether oxygens (including phenoxy) is 1. The van der Waals surface area contributed by atoms with Crippen LogP contribution in [0.25, 0.3) is 0 Å². The summed E-state index contributed by atoms with van der Waals surface area (Å²) in [4.78, 5) is 13.3. The van der Waals surface area contributed by atoms with Gasteiger partial charge in [-0.25, -0.2) is 9.69 Å². The first-order chi connectivity index (χ1) is 7.17. The summed E-state index contributed by atoms with van der Waals surface area (Å²) in [5, 5.41) is 0. The van der Waals surface area contributed by atoms with Crippen LogP contribution in [0, 0.1) is 5.92 Å². The van der Waals surface area contributed by atoms with Crippen LogP contribution in [0.3, 0.4) is 0 Å². The maximum atomic E-state index is 11.9. The summed E-state index contributed by atoms with van der Waals surface area (Å²) in [5.41, 5.74) is -0.516. The van der Waals surface area contributed by atoms with E-state index in [4.69, 9.17) is 7.80 Å². The van der Waals surface area contributed by atoms with Crippen molar-refractivity contribution >= 4 is 29.1 Å². The molecule has 0 rings (SSSR count). The molecule has 0 aromatic heterocycles. The van der Waals surface area contributed by atoms with Gasteiger partial charge in [0.15, 0.2) is 23.0 Å². The highest BCUT2D eigenvalue weighted by molar-refractivity contribution is 14.1. The average molecular weight is 341 g/mol. The highest BCUT2D eigenvalue weighted by Gasteiger charge is 2.25.